The first kappa shape index (κ1) is 24.2. The number of nitrogens with two attached hydrogens (primary N) is 1. The monoisotopic (exact) mass is 507 g/mol. The summed E-state index contributed by atoms with van der Waals surface area (Å²) in [5, 5.41) is 12.2. The Bertz CT molecular complexity index is 1510. The van der Waals surface area contributed by atoms with Gasteiger partial charge in [0.2, 0.25) is 5.60 Å². The van der Waals surface area contributed by atoms with E-state index in [9.17, 15) is 19.5 Å². The number of carbonyl (C=O) groups is 2. The zero-order valence-corrected chi connectivity index (χ0v) is 21.8. The highest BCUT2D eigenvalue weighted by molar-refractivity contribution is 6.90. The summed E-state index contributed by atoms with van der Waals surface area (Å²) in [4.78, 5) is 44.1. The molecular formula is C26H29N3O6Si. The smallest absolute Gasteiger partial charge is 0.355 e. The van der Waals surface area contributed by atoms with Gasteiger partial charge in [-0.3, -0.25) is 9.59 Å². The standard InChI is InChI=1S/C26H29N3O6Si/c1-5-26(35-21(31)8-9-27)18-11-20-22-16(12-29(20)24(32)17(18)13-34-25(26)33)23(36(2,3)4)15-10-14(30)6-7-19(15)28-22/h6-7,10-11,30H,5,8-9,12-13,27H2,1-4H3. The van der Waals surface area contributed by atoms with Crippen LogP contribution in [0.5, 0.6) is 5.75 Å². The third-order valence-electron chi connectivity index (χ3n) is 7.03. The van der Waals surface area contributed by atoms with E-state index in [-0.39, 0.29) is 37.3 Å². The van der Waals surface area contributed by atoms with Crippen molar-refractivity contribution in [2.24, 2.45) is 5.73 Å². The van der Waals surface area contributed by atoms with Gasteiger partial charge in [-0.05, 0) is 41.4 Å². The van der Waals surface area contributed by atoms with E-state index in [0.29, 0.717) is 29.1 Å². The number of phenols is 1. The first-order valence-electron chi connectivity index (χ1n) is 12.0. The van der Waals surface area contributed by atoms with E-state index in [1.165, 1.54) is 0 Å². The molecule has 2 aliphatic rings. The van der Waals surface area contributed by atoms with Crippen LogP contribution >= 0.6 is 0 Å². The number of hydrogen-bond donors (Lipinski definition) is 2. The molecule has 2 aliphatic heterocycles. The van der Waals surface area contributed by atoms with Gasteiger partial charge in [-0.2, -0.15) is 0 Å². The summed E-state index contributed by atoms with van der Waals surface area (Å²) in [6.07, 6.45) is 0.0482. The Hall–Kier alpha value is -3.50. The van der Waals surface area contributed by atoms with Gasteiger partial charge >= 0.3 is 11.9 Å². The summed E-state index contributed by atoms with van der Waals surface area (Å²) >= 11 is 0. The van der Waals surface area contributed by atoms with E-state index in [0.717, 1.165) is 21.7 Å². The van der Waals surface area contributed by atoms with Crippen LogP contribution in [0.3, 0.4) is 0 Å². The molecule has 0 bridgehead atoms. The summed E-state index contributed by atoms with van der Waals surface area (Å²) < 4.78 is 12.7. The third kappa shape index (κ3) is 3.47. The average Bonchev–Trinajstić information content (AvgIpc) is 3.17. The fraction of sp³-hybridized carbons (Fsp3) is 0.385. The van der Waals surface area contributed by atoms with Gasteiger partial charge < -0.3 is 24.9 Å². The molecule has 0 amide bonds. The number of pyridine rings is 2. The molecule has 9 nitrogen and oxygen atoms in total. The van der Waals surface area contributed by atoms with Crippen LogP contribution in [0.25, 0.3) is 22.3 Å². The maximum atomic E-state index is 13.8. The van der Waals surface area contributed by atoms with Crippen LogP contribution in [0.15, 0.2) is 29.1 Å². The average molecular weight is 508 g/mol. The van der Waals surface area contributed by atoms with Gasteiger partial charge in [0.15, 0.2) is 0 Å². The Balaban J connectivity index is 1.80. The van der Waals surface area contributed by atoms with Crippen LogP contribution in [-0.4, -0.2) is 41.2 Å². The van der Waals surface area contributed by atoms with E-state index in [1.807, 2.05) is 0 Å². The van der Waals surface area contributed by atoms with Crippen LogP contribution in [-0.2, 0) is 37.8 Å². The van der Waals surface area contributed by atoms with Crippen LogP contribution < -0.4 is 16.5 Å². The van der Waals surface area contributed by atoms with Crippen LogP contribution in [0.1, 0.15) is 36.5 Å². The Kier molecular flexibility index (Phi) is 5.56. The largest absolute Gasteiger partial charge is 0.508 e. The van der Waals surface area contributed by atoms with Crippen molar-refractivity contribution in [3.8, 4) is 17.1 Å². The van der Waals surface area contributed by atoms with Crippen molar-refractivity contribution in [3.05, 3.63) is 51.3 Å². The molecule has 188 valence electrons. The number of hydrogen-bond acceptors (Lipinski definition) is 8. The molecule has 0 aliphatic carbocycles. The summed E-state index contributed by atoms with van der Waals surface area (Å²) in [6, 6.07) is 6.86. The van der Waals surface area contributed by atoms with Crippen molar-refractivity contribution in [2.45, 2.75) is 58.2 Å². The second-order valence-electron chi connectivity index (χ2n) is 10.3. The molecule has 0 fully saturated rings. The lowest BCUT2D eigenvalue weighted by molar-refractivity contribution is -0.189. The van der Waals surface area contributed by atoms with Gasteiger partial charge in [0, 0.05) is 17.5 Å². The van der Waals surface area contributed by atoms with Crippen LogP contribution in [0.2, 0.25) is 19.6 Å². The van der Waals surface area contributed by atoms with E-state index >= 15 is 0 Å². The number of carbonyl (C=O) groups excluding carboxylic acids is 2. The Morgan fingerprint density at radius 2 is 2.00 bits per heavy atom. The zero-order valence-electron chi connectivity index (χ0n) is 20.8. The number of nitrogens with zero attached hydrogens (tertiary/aromatic N) is 2. The Morgan fingerprint density at radius 1 is 1.25 bits per heavy atom. The molecule has 5 rings (SSSR count). The molecule has 1 aromatic carbocycles. The van der Waals surface area contributed by atoms with Crippen molar-refractivity contribution in [1.29, 1.82) is 0 Å². The molecular weight excluding hydrogens is 478 g/mol. The highest BCUT2D eigenvalue weighted by atomic mass is 28.3. The first-order valence-corrected chi connectivity index (χ1v) is 15.5. The molecule has 3 N–H and O–H groups in total. The molecule has 0 saturated carbocycles. The van der Waals surface area contributed by atoms with Gasteiger partial charge in [-0.25, -0.2) is 9.78 Å². The van der Waals surface area contributed by atoms with Crippen molar-refractivity contribution in [2.75, 3.05) is 6.54 Å². The lowest BCUT2D eigenvalue weighted by atomic mass is 9.85. The molecule has 0 radical (unpaired) electrons. The molecule has 4 heterocycles. The van der Waals surface area contributed by atoms with Gasteiger partial charge in [0.1, 0.15) is 12.4 Å². The van der Waals surface area contributed by atoms with Gasteiger partial charge in [0.25, 0.3) is 5.56 Å². The number of esters is 2. The van der Waals surface area contributed by atoms with Crippen molar-refractivity contribution >= 4 is 36.1 Å². The number of aromatic hydroxyl groups is 1. The summed E-state index contributed by atoms with van der Waals surface area (Å²) in [7, 11) is -1.97. The normalized spacial score (nSPS) is 18.4. The van der Waals surface area contributed by atoms with Gasteiger partial charge in [0.05, 0.1) is 43.5 Å². The minimum absolute atomic E-state index is 0.0585. The fourth-order valence-electron chi connectivity index (χ4n) is 5.44. The SMILES string of the molecule is CCC1(OC(=O)CCN)C(=O)OCc2c1cc1n(c2=O)Cc2c-1nc1ccc(O)cc1c2[Si](C)(C)C. The van der Waals surface area contributed by atoms with Crippen molar-refractivity contribution in [1.82, 2.24) is 9.55 Å². The van der Waals surface area contributed by atoms with Gasteiger partial charge in [-0.15, -0.1) is 0 Å². The molecule has 0 saturated heterocycles. The summed E-state index contributed by atoms with van der Waals surface area (Å²) in [5.41, 5.74) is 7.05. The number of benzene rings is 1. The predicted octanol–water partition coefficient (Wildman–Crippen LogP) is 2.23. The third-order valence-corrected chi connectivity index (χ3v) is 9.10. The summed E-state index contributed by atoms with van der Waals surface area (Å²) in [6.45, 7) is 8.58. The van der Waals surface area contributed by atoms with Crippen molar-refractivity contribution < 1.29 is 24.2 Å². The molecule has 36 heavy (non-hydrogen) atoms. The van der Waals surface area contributed by atoms with E-state index < -0.39 is 25.6 Å². The molecule has 1 atom stereocenters. The second-order valence-corrected chi connectivity index (χ2v) is 15.3. The first-order chi connectivity index (χ1) is 17.0. The molecule has 2 aromatic heterocycles. The minimum Gasteiger partial charge on any atom is -0.508 e. The lowest BCUT2D eigenvalue weighted by Crippen LogP contribution is -2.47. The zero-order chi connectivity index (χ0) is 26.0. The quantitative estimate of drug-likeness (QED) is 0.310. The van der Waals surface area contributed by atoms with Crippen LogP contribution in [0, 0.1) is 0 Å². The maximum absolute atomic E-state index is 13.8. The fourth-order valence-corrected chi connectivity index (χ4v) is 7.56. The number of aromatic nitrogens is 2. The molecule has 0 spiro atoms. The number of ether oxygens (including phenoxy) is 2. The highest BCUT2D eigenvalue weighted by Gasteiger charge is 2.50. The lowest BCUT2D eigenvalue weighted by Gasteiger charge is -2.35. The van der Waals surface area contributed by atoms with E-state index in [4.69, 9.17) is 20.2 Å². The topological polar surface area (TPSA) is 134 Å². The number of cyclic esters (lactones) is 1. The second kappa shape index (κ2) is 8.28. The van der Waals surface area contributed by atoms with E-state index in [1.54, 1.807) is 35.8 Å². The van der Waals surface area contributed by atoms with Gasteiger partial charge in [-0.1, -0.05) is 26.6 Å². The predicted molar refractivity (Wildman–Crippen MR) is 137 cm³/mol. The molecule has 10 heteroatoms. The number of fused-ring (bicyclic) bond motifs is 5. The Morgan fingerprint density at radius 3 is 2.67 bits per heavy atom. The molecule has 3 aromatic rings. The summed E-state index contributed by atoms with van der Waals surface area (Å²) in [5.74, 6) is -1.17. The molecule has 1 unspecified atom stereocenters. The van der Waals surface area contributed by atoms with Crippen LogP contribution in [0.4, 0.5) is 0 Å². The highest BCUT2D eigenvalue weighted by Crippen LogP contribution is 2.41. The van der Waals surface area contributed by atoms with E-state index in [2.05, 4.69) is 19.6 Å². The number of phenolic OH excluding ortho intramolecular Hbond substituents is 1. The Labute approximate surface area is 208 Å². The van der Waals surface area contributed by atoms with Crippen molar-refractivity contribution in [3.63, 3.8) is 0 Å². The maximum Gasteiger partial charge on any atom is 0.355 e. The minimum atomic E-state index is -1.97. The number of rotatable bonds is 5.